The van der Waals surface area contributed by atoms with Gasteiger partial charge >= 0.3 is 6.11 Å². The Bertz CT molecular complexity index is 124. The van der Waals surface area contributed by atoms with Crippen molar-refractivity contribution in [2.24, 2.45) is 5.92 Å². The molecule has 0 bridgehead atoms. The summed E-state index contributed by atoms with van der Waals surface area (Å²) >= 11 is 0. The van der Waals surface area contributed by atoms with Gasteiger partial charge in [0, 0.05) is 0 Å². The maximum absolute atomic E-state index is 11.6. The fraction of sp³-hybridized carbons (Fsp3) is 0.800. The Morgan fingerprint density at radius 1 is 1.78 bits per heavy atom. The van der Waals surface area contributed by atoms with Gasteiger partial charge in [-0.2, -0.15) is 19.1 Å². The first-order chi connectivity index (χ1) is 4.02. The number of alkyl halides is 2. The Balaban J connectivity index is 4.00. The summed E-state index contributed by atoms with van der Waals surface area (Å²) in [4.78, 5) is 0. The van der Waals surface area contributed by atoms with E-state index in [0.29, 0.717) is 0 Å². The van der Waals surface area contributed by atoms with Crippen LogP contribution in [-0.2, 0) is 5.11 Å². The number of hydrogen-bond donors (Lipinski definition) is 0. The molecule has 0 aromatic heterocycles. The molecule has 2 nitrogen and oxygen atoms in total. The molecule has 1 unspecified atom stereocenters. The molecule has 0 fully saturated rings. The highest BCUT2D eigenvalue weighted by atomic mass is 19.3. The molecular weight excluding hydrogens is 128 g/mol. The number of hydrogen-bond acceptors (Lipinski definition) is 1. The van der Waals surface area contributed by atoms with E-state index >= 15 is 0 Å². The molecule has 0 aromatic rings. The lowest BCUT2D eigenvalue weighted by atomic mass is 10.1. The van der Waals surface area contributed by atoms with Gasteiger partial charge in [-0.3, -0.25) is 0 Å². The summed E-state index contributed by atoms with van der Waals surface area (Å²) in [5, 5.41) is 17.6. The monoisotopic (exact) mass is 134 g/mol. The Hall–Kier alpha value is -0.690. The molecule has 0 aliphatic carbocycles. The van der Waals surface area contributed by atoms with Gasteiger partial charge in [0.2, 0.25) is 0 Å². The van der Waals surface area contributed by atoms with Crippen LogP contribution in [0.5, 0.6) is 0 Å². The van der Waals surface area contributed by atoms with Gasteiger partial charge in [0.05, 0.1) is 6.07 Å². The highest BCUT2D eigenvalue weighted by Gasteiger charge is 2.37. The van der Waals surface area contributed by atoms with Crippen molar-refractivity contribution in [3.63, 3.8) is 0 Å². The van der Waals surface area contributed by atoms with Crippen LogP contribution >= 0.6 is 0 Å². The lowest BCUT2D eigenvalue weighted by Gasteiger charge is -2.09. The number of nitrogens with zero attached hydrogens (tertiary/aromatic N) is 1. The second-order valence-corrected chi connectivity index (χ2v) is 1.65. The largest absolute Gasteiger partial charge is 0.396 e. The van der Waals surface area contributed by atoms with Crippen LogP contribution in [-0.4, -0.2) is 6.11 Å². The molecule has 0 rings (SSSR count). The molecule has 0 saturated carbocycles. The van der Waals surface area contributed by atoms with Crippen LogP contribution in [0.25, 0.3) is 0 Å². The fourth-order valence-corrected chi connectivity index (χ4v) is 0.404. The highest BCUT2D eigenvalue weighted by molar-refractivity contribution is 4.86. The fourth-order valence-electron chi connectivity index (χ4n) is 0.404. The lowest BCUT2D eigenvalue weighted by Crippen LogP contribution is -2.23. The zero-order valence-corrected chi connectivity index (χ0v) is 4.90. The van der Waals surface area contributed by atoms with E-state index in [-0.39, 0.29) is 6.42 Å². The van der Waals surface area contributed by atoms with Crippen molar-refractivity contribution in [2.45, 2.75) is 19.5 Å². The van der Waals surface area contributed by atoms with Crippen LogP contribution < -0.4 is 0 Å². The molecule has 1 atom stereocenters. The first-order valence-electron chi connectivity index (χ1n) is 2.50. The van der Waals surface area contributed by atoms with Gasteiger partial charge in [0.15, 0.2) is 0 Å². The Kier molecular flexibility index (Phi) is 2.53. The summed E-state index contributed by atoms with van der Waals surface area (Å²) in [6.45, 7) is 1.37. The van der Waals surface area contributed by atoms with Crippen molar-refractivity contribution >= 4 is 0 Å². The zero-order valence-electron chi connectivity index (χ0n) is 4.90. The average Bonchev–Trinajstić information content (AvgIpc) is 1.65. The third-order valence-electron chi connectivity index (χ3n) is 0.970. The standard InChI is InChI=1S/C5H6F2NO/c1-2-4(3-8)5(6,7)9/h4H,2H2,1H3. The summed E-state index contributed by atoms with van der Waals surface area (Å²) in [5.74, 6) is -1.68. The highest BCUT2D eigenvalue weighted by Crippen LogP contribution is 2.23. The van der Waals surface area contributed by atoms with Gasteiger partial charge < -0.3 is 0 Å². The first kappa shape index (κ1) is 8.31. The normalized spacial score (nSPS) is 14.6. The van der Waals surface area contributed by atoms with E-state index in [9.17, 15) is 13.9 Å². The molecule has 0 amide bonds. The molecule has 0 N–H and O–H groups in total. The van der Waals surface area contributed by atoms with Crippen LogP contribution in [0.4, 0.5) is 8.78 Å². The maximum Gasteiger partial charge on any atom is 0.396 e. The van der Waals surface area contributed by atoms with E-state index in [0.717, 1.165) is 0 Å². The van der Waals surface area contributed by atoms with E-state index in [4.69, 9.17) is 5.26 Å². The van der Waals surface area contributed by atoms with Gasteiger partial charge in [-0.15, -0.1) is 0 Å². The topological polar surface area (TPSA) is 43.7 Å². The lowest BCUT2D eigenvalue weighted by molar-refractivity contribution is -0.264. The summed E-state index contributed by atoms with van der Waals surface area (Å²) in [6.07, 6.45) is -4.20. The SMILES string of the molecule is CCC(C#N)C([O])(F)F. The van der Waals surface area contributed by atoms with E-state index in [2.05, 4.69) is 0 Å². The Morgan fingerprint density at radius 2 is 2.22 bits per heavy atom. The van der Waals surface area contributed by atoms with E-state index in [1.165, 1.54) is 13.0 Å². The summed E-state index contributed by atoms with van der Waals surface area (Å²) in [7, 11) is 0. The van der Waals surface area contributed by atoms with Gasteiger partial charge in [-0.1, -0.05) is 6.92 Å². The summed E-state index contributed by atoms with van der Waals surface area (Å²) < 4.78 is 23.2. The average molecular weight is 134 g/mol. The second-order valence-electron chi connectivity index (χ2n) is 1.65. The maximum atomic E-state index is 11.6. The molecule has 0 saturated heterocycles. The Labute approximate surface area is 51.7 Å². The second kappa shape index (κ2) is 2.74. The molecule has 1 radical (unpaired) electrons. The minimum absolute atomic E-state index is 0.104. The van der Waals surface area contributed by atoms with Crippen molar-refractivity contribution in [3.05, 3.63) is 0 Å². The Morgan fingerprint density at radius 3 is 2.22 bits per heavy atom. The van der Waals surface area contributed by atoms with Crippen LogP contribution in [0, 0.1) is 17.2 Å². The molecule has 9 heavy (non-hydrogen) atoms. The minimum atomic E-state index is -4.09. The number of nitriles is 1. The van der Waals surface area contributed by atoms with Gasteiger partial charge in [-0.05, 0) is 6.42 Å². The minimum Gasteiger partial charge on any atom is -0.198 e. The van der Waals surface area contributed by atoms with Gasteiger partial charge in [0.1, 0.15) is 5.92 Å². The molecule has 4 heteroatoms. The van der Waals surface area contributed by atoms with E-state index < -0.39 is 12.0 Å². The van der Waals surface area contributed by atoms with E-state index in [1.807, 2.05) is 0 Å². The third kappa shape index (κ3) is 2.38. The quantitative estimate of drug-likeness (QED) is 0.565. The van der Waals surface area contributed by atoms with Crippen molar-refractivity contribution in [3.8, 4) is 6.07 Å². The molecular formula is C5H6F2NO. The van der Waals surface area contributed by atoms with Crippen molar-refractivity contribution in [1.82, 2.24) is 0 Å². The van der Waals surface area contributed by atoms with Crippen LogP contribution in [0.2, 0.25) is 0 Å². The first-order valence-corrected chi connectivity index (χ1v) is 2.50. The van der Waals surface area contributed by atoms with Gasteiger partial charge in [-0.25, -0.2) is 0 Å². The molecule has 0 aliphatic rings. The van der Waals surface area contributed by atoms with Crippen LogP contribution in [0.15, 0.2) is 0 Å². The molecule has 51 valence electrons. The predicted octanol–water partition coefficient (Wildman–Crippen LogP) is 1.56. The van der Waals surface area contributed by atoms with Crippen LogP contribution in [0.3, 0.4) is 0 Å². The van der Waals surface area contributed by atoms with E-state index in [1.54, 1.807) is 0 Å². The molecule has 0 aliphatic heterocycles. The van der Waals surface area contributed by atoms with Crippen molar-refractivity contribution in [1.29, 1.82) is 5.26 Å². The van der Waals surface area contributed by atoms with Gasteiger partial charge in [0.25, 0.3) is 0 Å². The van der Waals surface area contributed by atoms with Crippen molar-refractivity contribution in [2.75, 3.05) is 0 Å². The predicted molar refractivity (Wildman–Crippen MR) is 25.0 cm³/mol. The summed E-state index contributed by atoms with van der Waals surface area (Å²) in [6, 6.07) is 1.23. The molecule has 0 heterocycles. The van der Waals surface area contributed by atoms with Crippen molar-refractivity contribution < 1.29 is 13.9 Å². The molecule has 0 aromatic carbocycles. The third-order valence-corrected chi connectivity index (χ3v) is 0.970. The molecule has 0 spiro atoms. The smallest absolute Gasteiger partial charge is 0.198 e. The summed E-state index contributed by atoms with van der Waals surface area (Å²) in [5.41, 5.74) is 0. The van der Waals surface area contributed by atoms with Crippen LogP contribution in [0.1, 0.15) is 13.3 Å². The number of halogens is 2. The zero-order chi connectivity index (χ0) is 7.49. The number of rotatable bonds is 2.